The van der Waals surface area contributed by atoms with Gasteiger partial charge in [-0.25, -0.2) is 0 Å². The molecule has 0 radical (unpaired) electrons. The average Bonchev–Trinajstić information content (AvgIpc) is 2.81. The molecule has 0 spiro atoms. The van der Waals surface area contributed by atoms with E-state index in [1.807, 2.05) is 11.8 Å². The predicted octanol–water partition coefficient (Wildman–Crippen LogP) is 4.01. The highest BCUT2D eigenvalue weighted by atomic mass is 32.2. The van der Waals surface area contributed by atoms with Gasteiger partial charge in [-0.15, -0.1) is 11.3 Å². The van der Waals surface area contributed by atoms with Crippen LogP contribution in [0.3, 0.4) is 0 Å². The van der Waals surface area contributed by atoms with Gasteiger partial charge in [0.05, 0.1) is 4.21 Å². The molecule has 1 aromatic carbocycles. The summed E-state index contributed by atoms with van der Waals surface area (Å²) >= 11 is 3.64. The summed E-state index contributed by atoms with van der Waals surface area (Å²) in [6.07, 6.45) is 0. The Morgan fingerprint density at radius 3 is 2.81 bits per heavy atom. The minimum atomic E-state index is 0.949. The molecule has 0 aliphatic carbocycles. The van der Waals surface area contributed by atoms with Crippen molar-refractivity contribution in [2.24, 2.45) is 0 Å². The smallest absolute Gasteiger partial charge is 0.0646 e. The number of hydrogen-bond acceptors (Lipinski definition) is 3. The number of nitrogens with one attached hydrogen (secondary N) is 1. The lowest BCUT2D eigenvalue weighted by Gasteiger charge is -2.08. The second-order valence-electron chi connectivity index (χ2n) is 3.42. The summed E-state index contributed by atoms with van der Waals surface area (Å²) in [6.45, 7) is 4.10. The van der Waals surface area contributed by atoms with Crippen LogP contribution in [0.1, 0.15) is 12.5 Å². The number of rotatable bonds is 5. The molecule has 0 saturated carbocycles. The van der Waals surface area contributed by atoms with Gasteiger partial charge in [0, 0.05) is 11.4 Å². The Morgan fingerprint density at radius 1 is 1.19 bits per heavy atom. The van der Waals surface area contributed by atoms with Crippen molar-refractivity contribution < 1.29 is 0 Å². The van der Waals surface area contributed by atoms with Crippen molar-refractivity contribution in [3.8, 4) is 0 Å². The molecule has 1 heterocycles. The zero-order valence-electron chi connectivity index (χ0n) is 9.27. The Morgan fingerprint density at radius 2 is 2.06 bits per heavy atom. The fraction of sp³-hybridized carbons (Fsp3) is 0.231. The molecule has 1 aromatic heterocycles. The summed E-state index contributed by atoms with van der Waals surface area (Å²) in [5.74, 6) is 0. The van der Waals surface area contributed by atoms with Gasteiger partial charge in [-0.2, -0.15) is 0 Å². The van der Waals surface area contributed by atoms with Crippen LogP contribution < -0.4 is 5.32 Å². The molecule has 3 heteroatoms. The van der Waals surface area contributed by atoms with Crippen LogP contribution in [0.4, 0.5) is 0 Å². The maximum Gasteiger partial charge on any atom is 0.0646 e. The highest BCUT2D eigenvalue weighted by molar-refractivity contribution is 8.01. The van der Waals surface area contributed by atoms with Crippen molar-refractivity contribution >= 4 is 23.1 Å². The molecule has 16 heavy (non-hydrogen) atoms. The summed E-state index contributed by atoms with van der Waals surface area (Å²) < 4.78 is 1.35. The largest absolute Gasteiger partial charge is 0.313 e. The van der Waals surface area contributed by atoms with E-state index >= 15 is 0 Å². The quantitative estimate of drug-likeness (QED) is 0.859. The van der Waals surface area contributed by atoms with E-state index in [1.54, 1.807) is 11.3 Å². The van der Waals surface area contributed by atoms with E-state index in [0.717, 1.165) is 13.1 Å². The molecule has 0 amide bonds. The van der Waals surface area contributed by atoms with Crippen LogP contribution in [0.25, 0.3) is 0 Å². The molecule has 0 fully saturated rings. The molecule has 0 aliphatic heterocycles. The van der Waals surface area contributed by atoms with Gasteiger partial charge in [-0.05, 0) is 29.6 Å². The molecule has 0 bridgehead atoms. The number of thiophene rings is 1. The van der Waals surface area contributed by atoms with Gasteiger partial charge in [0.1, 0.15) is 0 Å². The number of hydrogen-bond donors (Lipinski definition) is 1. The zero-order valence-corrected chi connectivity index (χ0v) is 10.9. The summed E-state index contributed by atoms with van der Waals surface area (Å²) in [6, 6.07) is 12.9. The van der Waals surface area contributed by atoms with Crippen molar-refractivity contribution in [3.63, 3.8) is 0 Å². The van der Waals surface area contributed by atoms with Gasteiger partial charge in [-0.1, -0.05) is 43.0 Å². The van der Waals surface area contributed by atoms with Crippen molar-refractivity contribution in [1.29, 1.82) is 0 Å². The second-order valence-corrected chi connectivity index (χ2v) is 5.71. The summed E-state index contributed by atoms with van der Waals surface area (Å²) in [5.41, 5.74) is 1.38. The van der Waals surface area contributed by atoms with Gasteiger partial charge in [0.25, 0.3) is 0 Å². The highest BCUT2D eigenvalue weighted by Gasteiger charge is 2.03. The van der Waals surface area contributed by atoms with E-state index < -0.39 is 0 Å². The Balaban J connectivity index is 2.13. The van der Waals surface area contributed by atoms with Gasteiger partial charge in [0.2, 0.25) is 0 Å². The normalized spacial score (nSPS) is 10.6. The lowest BCUT2D eigenvalue weighted by Crippen LogP contribution is -2.12. The van der Waals surface area contributed by atoms with E-state index in [9.17, 15) is 0 Å². The maximum atomic E-state index is 3.37. The first kappa shape index (κ1) is 11.7. The van der Waals surface area contributed by atoms with Crippen LogP contribution in [-0.2, 0) is 6.54 Å². The average molecular weight is 249 g/mol. The van der Waals surface area contributed by atoms with Crippen molar-refractivity contribution in [2.45, 2.75) is 22.6 Å². The Bertz CT molecular complexity index is 423. The highest BCUT2D eigenvalue weighted by Crippen LogP contribution is 2.33. The van der Waals surface area contributed by atoms with Crippen molar-refractivity contribution in [1.82, 2.24) is 5.32 Å². The van der Waals surface area contributed by atoms with Crippen LogP contribution in [0.5, 0.6) is 0 Å². The Hall–Kier alpha value is -0.770. The van der Waals surface area contributed by atoms with E-state index in [1.165, 1.54) is 14.7 Å². The second kappa shape index (κ2) is 6.09. The molecular weight excluding hydrogens is 234 g/mol. The third-order valence-corrected chi connectivity index (χ3v) is 4.40. The standard InChI is InChI=1S/C13H15NS2/c1-2-14-10-11-6-3-4-7-12(11)16-13-8-5-9-15-13/h3-9,14H,2,10H2,1H3. The van der Waals surface area contributed by atoms with E-state index in [-0.39, 0.29) is 0 Å². The van der Waals surface area contributed by atoms with Crippen LogP contribution in [0.15, 0.2) is 50.9 Å². The third kappa shape index (κ3) is 3.11. The molecular formula is C13H15NS2. The molecule has 2 aromatic rings. The monoisotopic (exact) mass is 249 g/mol. The lowest BCUT2D eigenvalue weighted by molar-refractivity contribution is 0.718. The van der Waals surface area contributed by atoms with Gasteiger partial charge < -0.3 is 5.32 Å². The first-order valence-corrected chi connectivity index (χ1v) is 7.09. The summed E-state index contributed by atoms with van der Waals surface area (Å²) in [4.78, 5) is 1.35. The van der Waals surface area contributed by atoms with Gasteiger partial charge in [0.15, 0.2) is 0 Å². The Kier molecular flexibility index (Phi) is 4.45. The molecule has 1 nitrogen and oxygen atoms in total. The van der Waals surface area contributed by atoms with Gasteiger partial charge in [-0.3, -0.25) is 0 Å². The van der Waals surface area contributed by atoms with E-state index in [0.29, 0.717) is 0 Å². The third-order valence-electron chi connectivity index (χ3n) is 2.24. The SMILES string of the molecule is CCNCc1ccccc1Sc1cccs1. The van der Waals surface area contributed by atoms with Crippen LogP contribution in [0.2, 0.25) is 0 Å². The lowest BCUT2D eigenvalue weighted by atomic mass is 10.2. The van der Waals surface area contributed by atoms with Crippen molar-refractivity contribution in [3.05, 3.63) is 47.3 Å². The summed E-state index contributed by atoms with van der Waals surface area (Å²) in [7, 11) is 0. The minimum Gasteiger partial charge on any atom is -0.313 e. The molecule has 0 saturated heterocycles. The maximum absolute atomic E-state index is 3.37. The minimum absolute atomic E-state index is 0.949. The van der Waals surface area contributed by atoms with E-state index in [2.05, 4.69) is 54.0 Å². The molecule has 2 rings (SSSR count). The molecule has 1 N–H and O–H groups in total. The summed E-state index contributed by atoms with van der Waals surface area (Å²) in [5, 5.41) is 5.49. The zero-order chi connectivity index (χ0) is 11.2. The van der Waals surface area contributed by atoms with Crippen LogP contribution >= 0.6 is 23.1 Å². The van der Waals surface area contributed by atoms with Crippen molar-refractivity contribution in [2.75, 3.05) is 6.54 Å². The fourth-order valence-corrected chi connectivity index (χ4v) is 3.30. The molecule has 0 atom stereocenters. The predicted molar refractivity (Wildman–Crippen MR) is 72.3 cm³/mol. The molecule has 84 valence electrons. The fourth-order valence-electron chi connectivity index (χ4n) is 1.44. The first-order chi connectivity index (χ1) is 7.90. The van der Waals surface area contributed by atoms with Crippen LogP contribution in [0, 0.1) is 0 Å². The number of benzene rings is 1. The van der Waals surface area contributed by atoms with E-state index in [4.69, 9.17) is 0 Å². The van der Waals surface area contributed by atoms with Gasteiger partial charge >= 0.3 is 0 Å². The first-order valence-electron chi connectivity index (χ1n) is 5.40. The topological polar surface area (TPSA) is 12.0 Å². The Labute approximate surface area is 105 Å². The molecule has 0 unspecified atom stereocenters. The van der Waals surface area contributed by atoms with Crippen LogP contribution in [-0.4, -0.2) is 6.54 Å². The molecule has 0 aliphatic rings.